The fraction of sp³-hybridized carbons (Fsp3) is 0.125. The Morgan fingerprint density at radius 2 is 1.65 bits per heavy atom. The van der Waals surface area contributed by atoms with Crippen molar-refractivity contribution in [1.82, 2.24) is 4.90 Å². The fourth-order valence-corrected chi connectivity index (χ4v) is 2.29. The number of carbonyl (C=O) groups is 2. The highest BCUT2D eigenvalue weighted by Crippen LogP contribution is 2.25. The third kappa shape index (κ3) is 4.25. The molecule has 0 aliphatic carbocycles. The van der Waals surface area contributed by atoms with Gasteiger partial charge in [-0.3, -0.25) is 9.59 Å². The summed E-state index contributed by atoms with van der Waals surface area (Å²) in [7, 11) is 1.11. The first-order valence-corrected chi connectivity index (χ1v) is 7.70. The number of anilines is 1. The number of hydrogen-bond donors (Lipinski definition) is 1. The van der Waals surface area contributed by atoms with Crippen LogP contribution in [0.4, 0.5) is 23.2 Å². The van der Waals surface area contributed by atoms with Crippen LogP contribution < -0.4 is 5.32 Å². The Morgan fingerprint density at radius 3 is 2.27 bits per heavy atom. The van der Waals surface area contributed by atoms with Gasteiger partial charge >= 0.3 is 0 Å². The van der Waals surface area contributed by atoms with E-state index in [1.165, 1.54) is 18.2 Å². The topological polar surface area (TPSA) is 49.4 Å². The van der Waals surface area contributed by atoms with Crippen LogP contribution in [-0.2, 0) is 4.79 Å². The molecule has 2 rings (SSSR count). The van der Waals surface area contributed by atoms with Crippen molar-refractivity contribution in [2.24, 2.45) is 0 Å². The maximum atomic E-state index is 13.7. The largest absolute Gasteiger partial charge is 0.332 e. The lowest BCUT2D eigenvalue weighted by Gasteiger charge is -2.17. The second-order valence-corrected chi connectivity index (χ2v) is 6.00. The summed E-state index contributed by atoms with van der Waals surface area (Å²) in [5.74, 6) is -9.60. The van der Waals surface area contributed by atoms with Gasteiger partial charge in [-0.15, -0.1) is 0 Å². The van der Waals surface area contributed by atoms with Crippen molar-refractivity contribution in [2.45, 2.75) is 0 Å². The molecule has 0 heterocycles. The Kier molecular flexibility index (Phi) is 6.09. The first kappa shape index (κ1) is 20.0. The first-order valence-electron chi connectivity index (χ1n) is 6.95. The number of likely N-dealkylation sites (N-methyl/N-ethyl adjacent to an activating group) is 1. The van der Waals surface area contributed by atoms with Gasteiger partial charge in [0.25, 0.3) is 5.91 Å². The zero-order valence-corrected chi connectivity index (χ0v) is 14.6. The van der Waals surface area contributed by atoms with Gasteiger partial charge < -0.3 is 10.2 Å². The minimum absolute atomic E-state index is 0.188. The molecule has 10 heteroatoms. The molecule has 0 aliphatic heterocycles. The van der Waals surface area contributed by atoms with Gasteiger partial charge in [-0.1, -0.05) is 23.2 Å². The van der Waals surface area contributed by atoms with Crippen molar-refractivity contribution < 1.29 is 27.2 Å². The van der Waals surface area contributed by atoms with Crippen molar-refractivity contribution in [3.05, 3.63) is 63.1 Å². The van der Waals surface area contributed by atoms with Crippen LogP contribution in [0.25, 0.3) is 0 Å². The number of hydrogen-bond acceptors (Lipinski definition) is 2. The summed E-state index contributed by atoms with van der Waals surface area (Å²) in [6, 6.07) is 4.49. The monoisotopic (exact) mass is 408 g/mol. The van der Waals surface area contributed by atoms with Crippen LogP contribution in [0.5, 0.6) is 0 Å². The lowest BCUT2D eigenvalue weighted by Crippen LogP contribution is -2.35. The number of halogens is 6. The number of amides is 2. The summed E-state index contributed by atoms with van der Waals surface area (Å²) in [6.07, 6.45) is 0. The van der Waals surface area contributed by atoms with Gasteiger partial charge in [-0.05, 0) is 24.3 Å². The van der Waals surface area contributed by atoms with E-state index in [1.54, 1.807) is 0 Å². The molecule has 0 radical (unpaired) electrons. The van der Waals surface area contributed by atoms with Crippen molar-refractivity contribution in [2.75, 3.05) is 18.9 Å². The van der Waals surface area contributed by atoms with E-state index in [-0.39, 0.29) is 21.8 Å². The number of carbonyl (C=O) groups excluding carboxylic acids is 2. The molecule has 138 valence electrons. The molecule has 0 unspecified atom stereocenters. The van der Waals surface area contributed by atoms with Crippen LogP contribution in [0.1, 0.15) is 10.4 Å². The molecular weight excluding hydrogens is 399 g/mol. The molecule has 0 aliphatic rings. The zero-order chi connectivity index (χ0) is 19.6. The third-order valence-electron chi connectivity index (χ3n) is 3.26. The molecule has 1 N–H and O–H groups in total. The summed E-state index contributed by atoms with van der Waals surface area (Å²) >= 11 is 11.5. The average Bonchev–Trinajstić information content (AvgIpc) is 2.58. The van der Waals surface area contributed by atoms with E-state index in [2.05, 4.69) is 5.32 Å². The number of rotatable bonds is 4. The lowest BCUT2D eigenvalue weighted by molar-refractivity contribution is -0.116. The normalized spacial score (nSPS) is 10.6. The van der Waals surface area contributed by atoms with Gasteiger partial charge in [-0.2, -0.15) is 0 Å². The number of nitrogens with zero attached hydrogens (tertiary/aromatic N) is 1. The van der Waals surface area contributed by atoms with Crippen molar-refractivity contribution in [1.29, 1.82) is 0 Å². The second-order valence-electron chi connectivity index (χ2n) is 5.19. The van der Waals surface area contributed by atoms with Crippen molar-refractivity contribution >= 4 is 40.7 Å². The minimum Gasteiger partial charge on any atom is -0.332 e. The molecule has 0 saturated carbocycles. The van der Waals surface area contributed by atoms with E-state index in [9.17, 15) is 27.2 Å². The SMILES string of the molecule is CN(CC(=O)Nc1ccc(Cl)c(Cl)c1)C(=O)c1cc(F)c(F)c(F)c1F. The van der Waals surface area contributed by atoms with Crippen LogP contribution in [0.2, 0.25) is 10.0 Å². The quantitative estimate of drug-likeness (QED) is 0.466. The Hall–Kier alpha value is -2.32. The molecule has 0 bridgehead atoms. The maximum Gasteiger partial charge on any atom is 0.257 e. The van der Waals surface area contributed by atoms with E-state index >= 15 is 0 Å². The maximum absolute atomic E-state index is 13.7. The highest BCUT2D eigenvalue weighted by Gasteiger charge is 2.25. The first-order chi connectivity index (χ1) is 12.1. The van der Waals surface area contributed by atoms with Gasteiger partial charge in [0.1, 0.15) is 0 Å². The van der Waals surface area contributed by atoms with Gasteiger partial charge in [0.15, 0.2) is 23.3 Å². The molecule has 4 nitrogen and oxygen atoms in total. The summed E-state index contributed by atoms with van der Waals surface area (Å²) in [4.78, 5) is 24.7. The molecule has 0 fully saturated rings. The van der Waals surface area contributed by atoms with E-state index in [4.69, 9.17) is 23.2 Å². The van der Waals surface area contributed by atoms with E-state index in [1.807, 2.05) is 0 Å². The van der Waals surface area contributed by atoms with Crippen molar-refractivity contribution in [3.63, 3.8) is 0 Å². The number of benzene rings is 2. The summed E-state index contributed by atoms with van der Waals surface area (Å²) in [6.45, 7) is -0.570. The van der Waals surface area contributed by atoms with Crippen LogP contribution in [0.15, 0.2) is 24.3 Å². The van der Waals surface area contributed by atoms with E-state index < -0.39 is 47.2 Å². The summed E-state index contributed by atoms with van der Waals surface area (Å²) in [5, 5.41) is 2.88. The highest BCUT2D eigenvalue weighted by molar-refractivity contribution is 6.42. The highest BCUT2D eigenvalue weighted by atomic mass is 35.5. The Morgan fingerprint density at radius 1 is 1.00 bits per heavy atom. The molecule has 2 amide bonds. The van der Waals surface area contributed by atoms with Crippen LogP contribution in [0, 0.1) is 23.3 Å². The molecule has 0 aromatic heterocycles. The second kappa shape index (κ2) is 7.92. The molecule has 0 atom stereocenters. The molecule has 2 aromatic rings. The zero-order valence-electron chi connectivity index (χ0n) is 13.0. The summed E-state index contributed by atoms with van der Waals surface area (Å²) < 4.78 is 53.1. The molecule has 0 saturated heterocycles. The average molecular weight is 409 g/mol. The van der Waals surface area contributed by atoms with Crippen LogP contribution in [-0.4, -0.2) is 30.3 Å². The third-order valence-corrected chi connectivity index (χ3v) is 4.00. The van der Waals surface area contributed by atoms with E-state index in [0.29, 0.717) is 4.90 Å². The molecule has 0 spiro atoms. The predicted molar refractivity (Wildman–Crippen MR) is 88.3 cm³/mol. The molecular formula is C16H10Cl2F4N2O2. The standard InChI is InChI=1S/C16H10Cl2F4N2O2/c1-24(6-12(25)23-7-2-3-9(17)10(18)4-7)16(26)8-5-11(19)14(21)15(22)13(8)20/h2-5H,6H2,1H3,(H,23,25). The van der Waals surface area contributed by atoms with E-state index in [0.717, 1.165) is 7.05 Å². The van der Waals surface area contributed by atoms with Crippen LogP contribution >= 0.6 is 23.2 Å². The minimum atomic E-state index is -2.11. The van der Waals surface area contributed by atoms with Crippen LogP contribution in [0.3, 0.4) is 0 Å². The van der Waals surface area contributed by atoms with Gasteiger partial charge in [-0.25, -0.2) is 17.6 Å². The molecule has 26 heavy (non-hydrogen) atoms. The van der Waals surface area contributed by atoms with Gasteiger partial charge in [0.2, 0.25) is 5.91 Å². The fourth-order valence-electron chi connectivity index (χ4n) is 2.00. The predicted octanol–water partition coefficient (Wildman–Crippen LogP) is 4.26. The van der Waals surface area contributed by atoms with Gasteiger partial charge in [0, 0.05) is 12.7 Å². The lowest BCUT2D eigenvalue weighted by atomic mass is 10.1. The Labute approximate surface area is 155 Å². The molecule has 2 aromatic carbocycles. The summed E-state index contributed by atoms with van der Waals surface area (Å²) in [5.41, 5.74) is -0.749. The Bertz CT molecular complexity index is 893. The van der Waals surface area contributed by atoms with Gasteiger partial charge in [0.05, 0.1) is 22.2 Å². The Balaban J connectivity index is 2.11. The smallest absolute Gasteiger partial charge is 0.257 e. The van der Waals surface area contributed by atoms with Crippen molar-refractivity contribution in [3.8, 4) is 0 Å². The number of nitrogens with one attached hydrogen (secondary N) is 1.